The second-order valence-electron chi connectivity index (χ2n) is 12.8. The van der Waals surface area contributed by atoms with Crippen LogP contribution in [0.4, 0.5) is 0 Å². The van der Waals surface area contributed by atoms with Crippen LogP contribution in [0.2, 0.25) is 0 Å². The molecule has 196 valence electrons. The summed E-state index contributed by atoms with van der Waals surface area (Å²) in [7, 11) is 0. The summed E-state index contributed by atoms with van der Waals surface area (Å²) in [5.74, 6) is 1.53. The summed E-state index contributed by atoms with van der Waals surface area (Å²) in [6.07, 6.45) is 11.6. The van der Waals surface area contributed by atoms with Crippen LogP contribution in [0.1, 0.15) is 92.4 Å². The zero-order valence-electron chi connectivity index (χ0n) is 22.5. The second kappa shape index (κ2) is 9.79. The molecule has 3 saturated carbocycles. The minimum Gasteiger partial charge on any atom is -0.393 e. The lowest BCUT2D eigenvalue weighted by Crippen LogP contribution is -2.44. The van der Waals surface area contributed by atoms with Gasteiger partial charge in [0.2, 0.25) is 0 Å². The number of aliphatic hydroxyl groups excluding tert-OH is 2. The lowest BCUT2D eigenvalue weighted by molar-refractivity contribution is -0.143. The fourth-order valence-electron chi connectivity index (χ4n) is 8.21. The molecule has 8 atom stereocenters. The average Bonchev–Trinajstić information content (AvgIpc) is 3.22. The quantitative estimate of drug-likeness (QED) is 0.517. The van der Waals surface area contributed by atoms with Crippen molar-refractivity contribution in [3.8, 4) is 0 Å². The van der Waals surface area contributed by atoms with Crippen LogP contribution in [0.5, 0.6) is 0 Å². The molecule has 4 fully saturated rings. The second-order valence-corrected chi connectivity index (χ2v) is 12.8. The molecule has 1 saturated heterocycles. The van der Waals surface area contributed by atoms with E-state index in [4.69, 9.17) is 0 Å². The molecule has 0 bridgehead atoms. The van der Waals surface area contributed by atoms with Gasteiger partial charge in [-0.2, -0.15) is 0 Å². The molecule has 0 spiro atoms. The standard InChI is InChI=1S/C30H47NO4/c1-18(2)31-23(17-30(6,35)28(31)34)14-19(3)25-11-12-26-21(8-7-13-29(25,26)5)9-10-22-15-24(32)16-27(33)20(22)4/h9-10,18-19,23-27,32-33,35H,4,7-8,11-17H2,1-3,5-6H3/b21-9+,22-10-/t19-,23-,24-,25-,26?,27+,29-,30+/m1/s1. The molecular formula is C30H47NO4. The molecule has 1 heterocycles. The Hall–Kier alpha value is -1.43. The van der Waals surface area contributed by atoms with Crippen molar-refractivity contribution in [3.63, 3.8) is 0 Å². The number of hydrogen-bond donors (Lipinski definition) is 3. The van der Waals surface area contributed by atoms with Gasteiger partial charge >= 0.3 is 0 Å². The Labute approximate surface area is 212 Å². The van der Waals surface area contributed by atoms with Gasteiger partial charge in [-0.25, -0.2) is 0 Å². The van der Waals surface area contributed by atoms with E-state index in [1.807, 2.05) is 4.90 Å². The first-order chi connectivity index (χ1) is 16.3. The molecule has 0 aromatic rings. The van der Waals surface area contributed by atoms with Crippen molar-refractivity contribution >= 4 is 5.91 Å². The first-order valence-corrected chi connectivity index (χ1v) is 13.8. The summed E-state index contributed by atoms with van der Waals surface area (Å²) in [4.78, 5) is 14.7. The highest BCUT2D eigenvalue weighted by molar-refractivity contribution is 5.87. The van der Waals surface area contributed by atoms with Crippen LogP contribution in [-0.4, -0.2) is 56.0 Å². The third-order valence-electron chi connectivity index (χ3n) is 9.91. The number of likely N-dealkylation sites (tertiary alicyclic amines) is 1. The molecule has 35 heavy (non-hydrogen) atoms. The molecule has 4 rings (SSSR count). The van der Waals surface area contributed by atoms with E-state index in [0.29, 0.717) is 37.0 Å². The maximum absolute atomic E-state index is 12.8. The Morgan fingerprint density at radius 1 is 1.17 bits per heavy atom. The van der Waals surface area contributed by atoms with E-state index >= 15 is 0 Å². The van der Waals surface area contributed by atoms with Gasteiger partial charge in [0.1, 0.15) is 5.60 Å². The Morgan fingerprint density at radius 3 is 2.57 bits per heavy atom. The summed E-state index contributed by atoms with van der Waals surface area (Å²) in [6.45, 7) is 14.7. The van der Waals surface area contributed by atoms with Crippen molar-refractivity contribution in [2.45, 2.75) is 122 Å². The molecule has 1 unspecified atom stereocenters. The smallest absolute Gasteiger partial charge is 0.254 e. The molecule has 0 aromatic carbocycles. The van der Waals surface area contributed by atoms with E-state index in [9.17, 15) is 20.1 Å². The van der Waals surface area contributed by atoms with Gasteiger partial charge in [0.25, 0.3) is 5.91 Å². The maximum Gasteiger partial charge on any atom is 0.254 e. The number of nitrogens with zero attached hydrogens (tertiary/aromatic N) is 1. The van der Waals surface area contributed by atoms with Gasteiger partial charge in [0.15, 0.2) is 0 Å². The number of amides is 1. The summed E-state index contributed by atoms with van der Waals surface area (Å²) < 4.78 is 0. The summed E-state index contributed by atoms with van der Waals surface area (Å²) >= 11 is 0. The molecule has 5 nitrogen and oxygen atoms in total. The van der Waals surface area contributed by atoms with E-state index < -0.39 is 17.8 Å². The first kappa shape index (κ1) is 26.6. The van der Waals surface area contributed by atoms with Crippen LogP contribution < -0.4 is 0 Å². The fourth-order valence-corrected chi connectivity index (χ4v) is 8.21. The van der Waals surface area contributed by atoms with Gasteiger partial charge in [-0.1, -0.05) is 38.2 Å². The van der Waals surface area contributed by atoms with Crippen molar-refractivity contribution < 1.29 is 20.1 Å². The molecular weight excluding hydrogens is 438 g/mol. The minimum atomic E-state index is -1.24. The largest absolute Gasteiger partial charge is 0.393 e. The zero-order chi connectivity index (χ0) is 25.7. The van der Waals surface area contributed by atoms with E-state index in [0.717, 1.165) is 24.0 Å². The Balaban J connectivity index is 1.50. The fraction of sp³-hybridized carbons (Fsp3) is 0.767. The lowest BCUT2D eigenvalue weighted by Gasteiger charge is -2.45. The number of carbonyl (C=O) groups excluding carboxylic acids is 1. The number of rotatable bonds is 5. The Bertz CT molecular complexity index is 902. The van der Waals surface area contributed by atoms with Gasteiger partial charge in [-0.15, -0.1) is 0 Å². The van der Waals surface area contributed by atoms with E-state index in [-0.39, 0.29) is 23.4 Å². The number of carbonyl (C=O) groups is 1. The molecule has 1 amide bonds. The number of hydrogen-bond acceptors (Lipinski definition) is 4. The van der Waals surface area contributed by atoms with Crippen LogP contribution in [0.25, 0.3) is 0 Å². The van der Waals surface area contributed by atoms with Gasteiger partial charge in [-0.05, 0) is 100 Å². The van der Waals surface area contributed by atoms with Crippen molar-refractivity contribution in [2.75, 3.05) is 0 Å². The molecule has 4 aliphatic rings. The number of aliphatic hydroxyl groups is 3. The van der Waals surface area contributed by atoms with Crippen LogP contribution >= 0.6 is 0 Å². The molecule has 3 aliphatic carbocycles. The van der Waals surface area contributed by atoms with Gasteiger partial charge < -0.3 is 20.2 Å². The van der Waals surface area contributed by atoms with Crippen LogP contribution in [0.3, 0.4) is 0 Å². The molecule has 5 heteroatoms. The topological polar surface area (TPSA) is 81.0 Å². The highest BCUT2D eigenvalue weighted by Gasteiger charge is 2.53. The molecule has 0 aromatic heterocycles. The van der Waals surface area contributed by atoms with E-state index in [1.165, 1.54) is 31.3 Å². The monoisotopic (exact) mass is 485 g/mol. The summed E-state index contributed by atoms with van der Waals surface area (Å²) in [5.41, 5.74) is 2.24. The van der Waals surface area contributed by atoms with Crippen LogP contribution in [-0.2, 0) is 4.79 Å². The average molecular weight is 486 g/mol. The zero-order valence-corrected chi connectivity index (χ0v) is 22.5. The van der Waals surface area contributed by atoms with E-state index in [1.54, 1.807) is 6.92 Å². The highest BCUT2D eigenvalue weighted by atomic mass is 16.3. The number of fused-ring (bicyclic) bond motifs is 1. The van der Waals surface area contributed by atoms with Gasteiger partial charge in [-0.3, -0.25) is 4.79 Å². The normalized spacial score (nSPS) is 43.5. The SMILES string of the molecule is C=C1/C(=C\C=C2/CCC[C@@]3(C)C2CC[C@@H]3[C@H](C)C[C@@H]2C[C@](C)(O)C(=O)N2C(C)C)C[C@@H](O)C[C@@H]1O. The van der Waals surface area contributed by atoms with Gasteiger partial charge in [0.05, 0.1) is 12.2 Å². The van der Waals surface area contributed by atoms with Crippen molar-refractivity contribution in [3.05, 3.63) is 35.5 Å². The minimum absolute atomic E-state index is 0.101. The summed E-state index contributed by atoms with van der Waals surface area (Å²) in [5, 5.41) is 31.0. The molecule has 3 N–H and O–H groups in total. The number of allylic oxidation sites excluding steroid dienone is 3. The lowest BCUT2D eigenvalue weighted by atomic mass is 9.60. The van der Waals surface area contributed by atoms with Gasteiger partial charge in [0, 0.05) is 24.9 Å². The summed E-state index contributed by atoms with van der Waals surface area (Å²) in [6, 6.07) is 0.207. The Kier molecular flexibility index (Phi) is 7.45. The maximum atomic E-state index is 12.8. The van der Waals surface area contributed by atoms with E-state index in [2.05, 4.69) is 46.4 Å². The third-order valence-corrected chi connectivity index (χ3v) is 9.91. The van der Waals surface area contributed by atoms with Crippen molar-refractivity contribution in [1.29, 1.82) is 0 Å². The first-order valence-electron chi connectivity index (χ1n) is 13.8. The van der Waals surface area contributed by atoms with Crippen molar-refractivity contribution in [2.24, 2.45) is 23.2 Å². The Morgan fingerprint density at radius 2 is 1.89 bits per heavy atom. The third kappa shape index (κ3) is 4.93. The predicted molar refractivity (Wildman–Crippen MR) is 140 cm³/mol. The van der Waals surface area contributed by atoms with Crippen molar-refractivity contribution in [1.82, 2.24) is 4.90 Å². The van der Waals surface area contributed by atoms with Crippen LogP contribution in [0.15, 0.2) is 35.5 Å². The van der Waals surface area contributed by atoms with Crippen LogP contribution in [0, 0.1) is 23.2 Å². The molecule has 0 radical (unpaired) electrons. The highest BCUT2D eigenvalue weighted by Crippen LogP contribution is 2.60. The predicted octanol–water partition coefficient (Wildman–Crippen LogP) is 4.91. The molecule has 1 aliphatic heterocycles.